The van der Waals surface area contributed by atoms with Crippen molar-refractivity contribution >= 4 is 28.4 Å². The van der Waals surface area contributed by atoms with Gasteiger partial charge >= 0.3 is 0 Å². The number of carbonyl (C=O) groups is 2. The summed E-state index contributed by atoms with van der Waals surface area (Å²) in [6.45, 7) is 3.91. The number of ketones is 1. The van der Waals surface area contributed by atoms with Gasteiger partial charge in [-0.05, 0) is 60.9 Å². The molecule has 35 heavy (non-hydrogen) atoms. The van der Waals surface area contributed by atoms with Crippen LogP contribution in [-0.2, 0) is 16.1 Å². The van der Waals surface area contributed by atoms with Gasteiger partial charge in [-0.25, -0.2) is 0 Å². The lowest BCUT2D eigenvalue weighted by molar-refractivity contribution is -0.140. The summed E-state index contributed by atoms with van der Waals surface area (Å²) in [6.07, 6.45) is 5.10. The van der Waals surface area contributed by atoms with E-state index in [1.54, 1.807) is 31.8 Å². The average molecular weight is 468 g/mol. The van der Waals surface area contributed by atoms with Crippen molar-refractivity contribution in [3.8, 4) is 5.75 Å². The first kappa shape index (κ1) is 22.4. The van der Waals surface area contributed by atoms with Crippen molar-refractivity contribution < 1.29 is 19.4 Å². The van der Waals surface area contributed by atoms with Crippen LogP contribution in [0.4, 0.5) is 0 Å². The normalized spacial score (nSPS) is 17.3. The molecular formula is C28H25N3O4. The number of hydrogen-bond donors (Lipinski definition) is 2. The number of nitrogens with one attached hydrogen (secondary N) is 1. The SMILES string of the molecule is COc1cc(C)c(/C(O)=C2\C(=O)C(=O)N(Cc3ccncc3)C2c2c[nH]c3ccccc23)cc1C. The highest BCUT2D eigenvalue weighted by Gasteiger charge is 2.47. The number of H-pyrrole nitrogens is 1. The molecule has 1 aliphatic rings. The van der Waals surface area contributed by atoms with E-state index in [4.69, 9.17) is 4.74 Å². The summed E-state index contributed by atoms with van der Waals surface area (Å²) < 4.78 is 5.40. The monoisotopic (exact) mass is 467 g/mol. The fraction of sp³-hybridized carbons (Fsp3) is 0.179. The maximum atomic E-state index is 13.4. The quantitative estimate of drug-likeness (QED) is 0.250. The minimum atomic E-state index is -0.763. The zero-order valence-corrected chi connectivity index (χ0v) is 19.7. The van der Waals surface area contributed by atoms with Crippen LogP contribution in [0.15, 0.2) is 72.7 Å². The summed E-state index contributed by atoms with van der Waals surface area (Å²) in [6, 6.07) is 14.2. The number of ether oxygens (including phenoxy) is 1. The van der Waals surface area contributed by atoms with Gasteiger partial charge in [0, 0.05) is 47.2 Å². The highest BCUT2D eigenvalue weighted by Crippen LogP contribution is 2.43. The molecule has 5 rings (SSSR count). The molecule has 176 valence electrons. The van der Waals surface area contributed by atoms with Gasteiger partial charge < -0.3 is 19.7 Å². The topological polar surface area (TPSA) is 95.5 Å². The Kier molecular flexibility index (Phi) is 5.61. The van der Waals surface area contributed by atoms with E-state index in [0.29, 0.717) is 11.3 Å². The Morgan fingerprint density at radius 2 is 1.83 bits per heavy atom. The Morgan fingerprint density at radius 3 is 2.57 bits per heavy atom. The molecule has 0 spiro atoms. The second-order valence-electron chi connectivity index (χ2n) is 8.71. The van der Waals surface area contributed by atoms with Crippen LogP contribution in [-0.4, -0.2) is 38.8 Å². The first-order chi connectivity index (χ1) is 16.9. The Balaban J connectivity index is 1.73. The molecule has 3 heterocycles. The van der Waals surface area contributed by atoms with E-state index in [2.05, 4.69) is 9.97 Å². The van der Waals surface area contributed by atoms with Crippen LogP contribution < -0.4 is 4.74 Å². The molecule has 4 aromatic rings. The fourth-order valence-corrected chi connectivity index (χ4v) is 4.78. The lowest BCUT2D eigenvalue weighted by Gasteiger charge is -2.25. The van der Waals surface area contributed by atoms with Crippen LogP contribution in [0.25, 0.3) is 16.7 Å². The van der Waals surface area contributed by atoms with Gasteiger partial charge in [-0.15, -0.1) is 0 Å². The van der Waals surface area contributed by atoms with Crippen molar-refractivity contribution in [1.82, 2.24) is 14.9 Å². The number of methoxy groups -OCH3 is 1. The lowest BCUT2D eigenvalue weighted by atomic mass is 9.92. The van der Waals surface area contributed by atoms with E-state index in [0.717, 1.165) is 33.2 Å². The van der Waals surface area contributed by atoms with Crippen LogP contribution in [0.1, 0.15) is 33.9 Å². The van der Waals surface area contributed by atoms with Crippen LogP contribution in [0.2, 0.25) is 0 Å². The Morgan fingerprint density at radius 1 is 1.09 bits per heavy atom. The number of pyridine rings is 1. The number of aryl methyl sites for hydroxylation is 2. The summed E-state index contributed by atoms with van der Waals surface area (Å²) in [5, 5.41) is 12.4. The van der Waals surface area contributed by atoms with Crippen LogP contribution in [0.5, 0.6) is 5.75 Å². The number of fused-ring (bicyclic) bond motifs is 1. The third-order valence-electron chi connectivity index (χ3n) is 6.56. The Bertz CT molecular complexity index is 1490. The van der Waals surface area contributed by atoms with E-state index in [-0.39, 0.29) is 17.9 Å². The van der Waals surface area contributed by atoms with Crippen LogP contribution in [0, 0.1) is 13.8 Å². The predicted octanol–water partition coefficient (Wildman–Crippen LogP) is 4.81. The number of aromatic nitrogens is 2. The van der Waals surface area contributed by atoms with Gasteiger partial charge in [-0.3, -0.25) is 14.6 Å². The summed E-state index contributed by atoms with van der Waals surface area (Å²) in [5.74, 6) is -0.870. The first-order valence-electron chi connectivity index (χ1n) is 11.3. The number of aliphatic hydroxyl groups excluding tert-OH is 1. The van der Waals surface area contributed by atoms with Crippen LogP contribution >= 0.6 is 0 Å². The van der Waals surface area contributed by atoms with Crippen molar-refractivity contribution in [2.45, 2.75) is 26.4 Å². The number of rotatable bonds is 5. The second-order valence-corrected chi connectivity index (χ2v) is 8.71. The van der Waals surface area contributed by atoms with Gasteiger partial charge in [-0.1, -0.05) is 18.2 Å². The van der Waals surface area contributed by atoms with E-state index < -0.39 is 17.7 Å². The predicted molar refractivity (Wildman–Crippen MR) is 133 cm³/mol. The van der Waals surface area contributed by atoms with E-state index in [1.807, 2.05) is 56.3 Å². The van der Waals surface area contributed by atoms with Crippen molar-refractivity contribution in [1.29, 1.82) is 0 Å². The third-order valence-corrected chi connectivity index (χ3v) is 6.56. The van der Waals surface area contributed by atoms with Crippen molar-refractivity contribution in [3.05, 3.63) is 101 Å². The van der Waals surface area contributed by atoms with Crippen molar-refractivity contribution in [3.63, 3.8) is 0 Å². The standard InChI is InChI=1S/C28H25N3O4/c1-16-13-23(35-3)17(2)12-20(16)26(32)24-25(21-14-30-22-7-5-4-6-19(21)22)31(28(34)27(24)33)15-18-8-10-29-11-9-18/h4-14,25,30,32H,15H2,1-3H3/b26-24+. The molecule has 7 heteroatoms. The summed E-state index contributed by atoms with van der Waals surface area (Å²) in [4.78, 5) is 35.6. The number of aromatic amines is 1. The molecule has 1 atom stereocenters. The van der Waals surface area contributed by atoms with Gasteiger partial charge in [0.15, 0.2) is 0 Å². The highest BCUT2D eigenvalue weighted by molar-refractivity contribution is 6.46. The number of benzene rings is 2. The molecule has 1 fully saturated rings. The fourth-order valence-electron chi connectivity index (χ4n) is 4.78. The Hall–Kier alpha value is -4.39. The number of likely N-dealkylation sites (tertiary alicyclic amines) is 1. The van der Waals surface area contributed by atoms with Crippen molar-refractivity contribution in [2.24, 2.45) is 0 Å². The van der Waals surface area contributed by atoms with Crippen LogP contribution in [0.3, 0.4) is 0 Å². The smallest absolute Gasteiger partial charge is 0.295 e. The molecule has 0 aliphatic carbocycles. The number of carbonyl (C=O) groups excluding carboxylic acids is 2. The Labute approximate surface area is 202 Å². The largest absolute Gasteiger partial charge is 0.507 e. The molecule has 1 saturated heterocycles. The summed E-state index contributed by atoms with van der Waals surface area (Å²) in [7, 11) is 1.59. The molecule has 7 nitrogen and oxygen atoms in total. The number of para-hydroxylation sites is 1. The summed E-state index contributed by atoms with van der Waals surface area (Å²) in [5.41, 5.74) is 4.59. The number of aliphatic hydroxyl groups is 1. The molecule has 0 saturated carbocycles. The van der Waals surface area contributed by atoms with E-state index in [9.17, 15) is 14.7 Å². The van der Waals surface area contributed by atoms with Crippen molar-refractivity contribution in [2.75, 3.05) is 7.11 Å². The van der Waals surface area contributed by atoms with Gasteiger partial charge in [0.25, 0.3) is 11.7 Å². The number of hydrogen-bond acceptors (Lipinski definition) is 5. The zero-order chi connectivity index (χ0) is 24.7. The molecule has 2 aromatic carbocycles. The number of Topliss-reactive ketones (excluding diaryl/α,β-unsaturated/α-hetero) is 1. The molecule has 0 bridgehead atoms. The highest BCUT2D eigenvalue weighted by atomic mass is 16.5. The maximum Gasteiger partial charge on any atom is 0.295 e. The molecule has 2 aromatic heterocycles. The lowest BCUT2D eigenvalue weighted by Crippen LogP contribution is -2.29. The zero-order valence-electron chi connectivity index (χ0n) is 19.7. The second kappa shape index (κ2) is 8.76. The maximum absolute atomic E-state index is 13.4. The molecule has 2 N–H and O–H groups in total. The molecule has 1 unspecified atom stereocenters. The van der Waals surface area contributed by atoms with Gasteiger partial charge in [0.05, 0.1) is 18.7 Å². The molecular weight excluding hydrogens is 442 g/mol. The summed E-state index contributed by atoms with van der Waals surface area (Å²) >= 11 is 0. The minimum absolute atomic E-state index is 0.0708. The molecule has 1 amide bonds. The number of nitrogens with zero attached hydrogens (tertiary/aromatic N) is 2. The minimum Gasteiger partial charge on any atom is -0.507 e. The third kappa shape index (κ3) is 3.75. The van der Waals surface area contributed by atoms with Gasteiger partial charge in [0.2, 0.25) is 0 Å². The first-order valence-corrected chi connectivity index (χ1v) is 11.3. The molecule has 1 aliphatic heterocycles. The molecule has 0 radical (unpaired) electrons. The van der Waals surface area contributed by atoms with Gasteiger partial charge in [-0.2, -0.15) is 0 Å². The average Bonchev–Trinajstić information content (AvgIpc) is 3.39. The van der Waals surface area contributed by atoms with Gasteiger partial charge in [0.1, 0.15) is 11.5 Å². The van der Waals surface area contributed by atoms with E-state index in [1.165, 1.54) is 4.90 Å². The number of amides is 1. The van der Waals surface area contributed by atoms with E-state index >= 15 is 0 Å².